The molecule has 0 aliphatic carbocycles. The minimum Gasteiger partial charge on any atom is -0.381 e. The first kappa shape index (κ1) is 19.2. The van der Waals surface area contributed by atoms with Gasteiger partial charge in [0, 0.05) is 26.2 Å². The first-order valence-electron chi connectivity index (χ1n) is 8.45. The minimum atomic E-state index is 0.465. The fourth-order valence-electron chi connectivity index (χ4n) is 2.17. The van der Waals surface area contributed by atoms with Gasteiger partial charge in [-0.25, -0.2) is 4.98 Å². The molecule has 1 aromatic heterocycles. The lowest BCUT2D eigenvalue weighted by molar-refractivity contribution is 0.0937. The number of thiol groups is 1. The highest BCUT2D eigenvalue weighted by atomic mass is 32.1. The Bertz CT molecular complexity index is 417. The van der Waals surface area contributed by atoms with Crippen LogP contribution >= 0.6 is 12.6 Å². The summed E-state index contributed by atoms with van der Waals surface area (Å²) in [6, 6.07) is 0. The van der Waals surface area contributed by atoms with Gasteiger partial charge in [-0.3, -0.25) is 0 Å². The largest absolute Gasteiger partial charge is 0.381 e. The van der Waals surface area contributed by atoms with Crippen LogP contribution in [0.4, 0.5) is 5.95 Å². The molecule has 0 radical (unpaired) electrons. The van der Waals surface area contributed by atoms with E-state index in [-0.39, 0.29) is 0 Å². The molecular weight excluding hydrogens is 296 g/mol. The Balaban J connectivity index is 2.16. The highest BCUT2D eigenvalue weighted by molar-refractivity contribution is 7.80. The average Bonchev–Trinajstić information content (AvgIpc) is 2.52. The van der Waals surface area contributed by atoms with E-state index in [1.165, 1.54) is 25.7 Å². The Morgan fingerprint density at radius 1 is 1.14 bits per heavy atom. The van der Waals surface area contributed by atoms with E-state index in [0.717, 1.165) is 38.4 Å². The van der Waals surface area contributed by atoms with Crippen molar-refractivity contribution in [3.05, 3.63) is 5.82 Å². The molecule has 126 valence electrons. The summed E-state index contributed by atoms with van der Waals surface area (Å²) in [5, 5.41) is 3.67. The second kappa shape index (κ2) is 11.7. The number of hydrogen-bond donors (Lipinski definition) is 2. The van der Waals surface area contributed by atoms with Gasteiger partial charge in [0.25, 0.3) is 0 Å². The molecule has 5 nitrogen and oxygen atoms in total. The second-order valence-corrected chi connectivity index (χ2v) is 5.90. The number of aryl methyl sites for hydroxylation is 1. The molecule has 1 N–H and O–H groups in total. The lowest BCUT2D eigenvalue weighted by atomic mass is 10.0. The minimum absolute atomic E-state index is 0.465. The van der Waals surface area contributed by atoms with Crippen LogP contribution in [0.5, 0.6) is 0 Å². The number of anilines is 1. The van der Waals surface area contributed by atoms with Crippen molar-refractivity contribution in [3.63, 3.8) is 0 Å². The van der Waals surface area contributed by atoms with Gasteiger partial charge in [0.05, 0.1) is 0 Å². The van der Waals surface area contributed by atoms with Crippen molar-refractivity contribution in [1.29, 1.82) is 0 Å². The van der Waals surface area contributed by atoms with Crippen LogP contribution in [-0.4, -0.2) is 34.7 Å². The molecule has 1 atom stereocenters. The zero-order valence-electron chi connectivity index (χ0n) is 14.1. The molecule has 0 aliphatic rings. The maximum absolute atomic E-state index is 5.78. The van der Waals surface area contributed by atoms with Crippen molar-refractivity contribution in [2.75, 3.05) is 25.1 Å². The fraction of sp³-hybridized carbons (Fsp3) is 0.812. The van der Waals surface area contributed by atoms with Crippen LogP contribution in [0.3, 0.4) is 0 Å². The summed E-state index contributed by atoms with van der Waals surface area (Å²) in [5.74, 6) is 2.07. The molecule has 0 saturated heterocycles. The molecule has 0 amide bonds. The lowest BCUT2D eigenvalue weighted by Crippen LogP contribution is -2.13. The molecule has 0 spiro atoms. The number of rotatable bonds is 12. The molecule has 0 fully saturated rings. The maximum atomic E-state index is 5.78. The summed E-state index contributed by atoms with van der Waals surface area (Å²) in [4.78, 5) is 12.6. The molecule has 0 aliphatic heterocycles. The normalized spacial score (nSPS) is 12.4. The van der Waals surface area contributed by atoms with Crippen LogP contribution in [0.1, 0.15) is 58.7 Å². The average molecular weight is 327 g/mol. The summed E-state index contributed by atoms with van der Waals surface area (Å²) in [6.45, 7) is 8.94. The zero-order valence-corrected chi connectivity index (χ0v) is 15.0. The van der Waals surface area contributed by atoms with Crippen LogP contribution in [0.15, 0.2) is 5.16 Å². The summed E-state index contributed by atoms with van der Waals surface area (Å²) in [5.41, 5.74) is 0. The van der Waals surface area contributed by atoms with Gasteiger partial charge in [-0.2, -0.15) is 9.97 Å². The topological polar surface area (TPSA) is 59.9 Å². The lowest BCUT2D eigenvalue weighted by Gasteiger charge is -2.14. The number of aromatic nitrogens is 3. The van der Waals surface area contributed by atoms with E-state index in [1.807, 2.05) is 6.92 Å². The van der Waals surface area contributed by atoms with Crippen LogP contribution in [0.2, 0.25) is 0 Å². The predicted octanol–water partition coefficient (Wildman–Crippen LogP) is 3.76. The number of nitrogens with one attached hydrogen (secondary N) is 1. The molecule has 6 heteroatoms. The molecule has 1 unspecified atom stereocenters. The van der Waals surface area contributed by atoms with Gasteiger partial charge in [0.1, 0.15) is 5.82 Å². The smallest absolute Gasteiger partial charge is 0.226 e. The molecular formula is C16H30N4OS. The van der Waals surface area contributed by atoms with Gasteiger partial charge in [0.15, 0.2) is 5.16 Å². The second-order valence-electron chi connectivity index (χ2n) is 5.50. The first-order valence-corrected chi connectivity index (χ1v) is 8.89. The summed E-state index contributed by atoms with van der Waals surface area (Å²) >= 11 is 4.19. The van der Waals surface area contributed by atoms with Gasteiger partial charge in [-0.05, 0) is 18.8 Å². The van der Waals surface area contributed by atoms with Gasteiger partial charge in [0.2, 0.25) is 5.95 Å². The Morgan fingerprint density at radius 2 is 1.95 bits per heavy atom. The van der Waals surface area contributed by atoms with Crippen molar-refractivity contribution in [2.45, 2.75) is 64.5 Å². The van der Waals surface area contributed by atoms with E-state index >= 15 is 0 Å². The Labute approximate surface area is 140 Å². The van der Waals surface area contributed by atoms with Crippen molar-refractivity contribution in [1.82, 2.24) is 15.0 Å². The Morgan fingerprint density at radius 3 is 2.64 bits per heavy atom. The molecule has 0 saturated carbocycles. The molecule has 0 aromatic carbocycles. The third-order valence-corrected chi connectivity index (χ3v) is 3.83. The molecule has 1 rings (SSSR count). The first-order chi connectivity index (χ1) is 10.7. The van der Waals surface area contributed by atoms with Gasteiger partial charge in [-0.1, -0.05) is 40.0 Å². The predicted molar refractivity (Wildman–Crippen MR) is 93.7 cm³/mol. The van der Waals surface area contributed by atoms with Crippen molar-refractivity contribution >= 4 is 18.6 Å². The number of hydrogen-bond acceptors (Lipinski definition) is 6. The highest BCUT2D eigenvalue weighted by Gasteiger charge is 2.06. The van der Waals surface area contributed by atoms with Crippen molar-refractivity contribution in [2.24, 2.45) is 5.92 Å². The molecule has 0 bridgehead atoms. The molecule has 22 heavy (non-hydrogen) atoms. The van der Waals surface area contributed by atoms with Crippen LogP contribution in [0, 0.1) is 5.92 Å². The number of ether oxygens (including phenoxy) is 1. The Hall–Kier alpha value is -0.880. The third kappa shape index (κ3) is 7.94. The monoisotopic (exact) mass is 326 g/mol. The van der Waals surface area contributed by atoms with Gasteiger partial charge < -0.3 is 10.1 Å². The summed E-state index contributed by atoms with van der Waals surface area (Å²) < 4.78 is 5.78. The molecule has 1 heterocycles. The van der Waals surface area contributed by atoms with Gasteiger partial charge >= 0.3 is 0 Å². The Kier molecular flexibility index (Phi) is 10.2. The number of unbranched alkanes of at least 4 members (excludes halogenated alkanes) is 1. The van der Waals surface area contributed by atoms with E-state index in [9.17, 15) is 0 Å². The molecule has 1 aromatic rings. The summed E-state index contributed by atoms with van der Waals surface area (Å²) in [7, 11) is 0. The van der Waals surface area contributed by atoms with Crippen molar-refractivity contribution < 1.29 is 4.74 Å². The van der Waals surface area contributed by atoms with Crippen LogP contribution in [-0.2, 0) is 11.2 Å². The van der Waals surface area contributed by atoms with Crippen LogP contribution < -0.4 is 5.32 Å². The standard InChI is InChI=1S/C16H30N4OS/c1-4-7-9-13(5-2)12-21-11-8-10-17-15-18-14(6-3)19-16(22)20-15/h13H,4-12H2,1-3H3,(H2,17,18,19,20,22). The quantitative estimate of drug-likeness (QED) is 0.452. The van der Waals surface area contributed by atoms with Crippen LogP contribution in [0.25, 0.3) is 0 Å². The zero-order chi connectivity index (χ0) is 16.2. The van der Waals surface area contributed by atoms with E-state index in [0.29, 0.717) is 17.0 Å². The van der Waals surface area contributed by atoms with Gasteiger partial charge in [-0.15, -0.1) is 12.6 Å². The summed E-state index contributed by atoms with van der Waals surface area (Å²) in [6.07, 6.45) is 6.77. The highest BCUT2D eigenvalue weighted by Crippen LogP contribution is 2.12. The SMILES string of the molecule is CCCCC(CC)COCCCNc1nc(S)nc(CC)n1. The van der Waals surface area contributed by atoms with Crippen molar-refractivity contribution in [3.8, 4) is 0 Å². The maximum Gasteiger partial charge on any atom is 0.226 e. The van der Waals surface area contributed by atoms with E-state index in [1.54, 1.807) is 0 Å². The number of nitrogens with zero attached hydrogens (tertiary/aromatic N) is 3. The fourth-order valence-corrected chi connectivity index (χ4v) is 2.38. The van der Waals surface area contributed by atoms with E-state index in [2.05, 4.69) is 46.7 Å². The van der Waals surface area contributed by atoms with E-state index < -0.39 is 0 Å². The van der Waals surface area contributed by atoms with E-state index in [4.69, 9.17) is 4.74 Å². The third-order valence-electron chi connectivity index (χ3n) is 3.63.